The zero-order valence-corrected chi connectivity index (χ0v) is 18.8. The van der Waals surface area contributed by atoms with Gasteiger partial charge in [0.1, 0.15) is 22.1 Å². The molecule has 1 aromatic heterocycles. The highest BCUT2D eigenvalue weighted by atomic mass is 35.5. The first-order valence-electron chi connectivity index (χ1n) is 8.83. The first-order valence-corrected chi connectivity index (χ1v) is 10.4. The molecular weight excluding hydrogens is 461 g/mol. The number of nitrogens with one attached hydrogen (secondary N) is 2. The number of pyridine rings is 1. The van der Waals surface area contributed by atoms with Gasteiger partial charge in [-0.2, -0.15) is 0 Å². The van der Waals surface area contributed by atoms with Crippen LogP contribution in [0, 0.1) is 0 Å². The van der Waals surface area contributed by atoms with E-state index in [0.717, 1.165) is 4.90 Å². The van der Waals surface area contributed by atoms with Crippen LogP contribution in [0.25, 0.3) is 0 Å². The van der Waals surface area contributed by atoms with Gasteiger partial charge in [-0.3, -0.25) is 10.1 Å². The Labute approximate surface area is 193 Å². The molecule has 0 aliphatic heterocycles. The van der Waals surface area contributed by atoms with Crippen molar-refractivity contribution in [3.8, 4) is 11.5 Å². The van der Waals surface area contributed by atoms with E-state index in [1.54, 1.807) is 48.5 Å². The third kappa shape index (κ3) is 5.81. The summed E-state index contributed by atoms with van der Waals surface area (Å²) < 4.78 is 10.4. The molecule has 3 amide bonds. The molecule has 0 saturated heterocycles. The minimum Gasteiger partial charge on any atom is -0.496 e. The van der Waals surface area contributed by atoms with E-state index in [-0.39, 0.29) is 17.1 Å². The van der Waals surface area contributed by atoms with Crippen molar-refractivity contribution >= 4 is 52.6 Å². The highest BCUT2D eigenvalue weighted by Gasteiger charge is 2.20. The highest BCUT2D eigenvalue weighted by molar-refractivity contribution is 7.99. The maximum absolute atomic E-state index is 12.5. The van der Waals surface area contributed by atoms with Crippen LogP contribution in [-0.4, -0.2) is 31.1 Å². The van der Waals surface area contributed by atoms with Gasteiger partial charge in [-0.25, -0.2) is 9.78 Å². The number of halogens is 2. The molecule has 10 heteroatoms. The number of urea groups is 1. The predicted octanol–water partition coefficient (Wildman–Crippen LogP) is 5.52. The number of rotatable bonds is 6. The van der Waals surface area contributed by atoms with E-state index in [1.165, 1.54) is 32.2 Å². The number of benzene rings is 2. The zero-order chi connectivity index (χ0) is 22.4. The number of anilines is 1. The van der Waals surface area contributed by atoms with Crippen molar-refractivity contribution < 1.29 is 19.1 Å². The summed E-state index contributed by atoms with van der Waals surface area (Å²) in [7, 11) is 2.85. The number of ether oxygens (including phenoxy) is 2. The molecule has 0 aliphatic carbocycles. The van der Waals surface area contributed by atoms with Crippen molar-refractivity contribution in [2.45, 2.75) is 9.92 Å². The topological polar surface area (TPSA) is 89.5 Å². The van der Waals surface area contributed by atoms with Crippen LogP contribution in [0.15, 0.2) is 64.6 Å². The fourth-order valence-corrected chi connectivity index (χ4v) is 3.87. The summed E-state index contributed by atoms with van der Waals surface area (Å²) in [5, 5.41) is 6.59. The van der Waals surface area contributed by atoms with Gasteiger partial charge in [-0.1, -0.05) is 41.0 Å². The maximum atomic E-state index is 12.5. The molecular formula is C21H17Cl2N3O4S. The lowest BCUT2D eigenvalue weighted by Gasteiger charge is -2.13. The molecule has 0 spiro atoms. The molecule has 2 N–H and O–H groups in total. The van der Waals surface area contributed by atoms with Crippen LogP contribution < -0.4 is 20.1 Å². The van der Waals surface area contributed by atoms with Gasteiger partial charge in [0.25, 0.3) is 5.91 Å². The summed E-state index contributed by atoms with van der Waals surface area (Å²) in [6.07, 6.45) is 1.47. The third-order valence-corrected chi connectivity index (χ3v) is 5.67. The summed E-state index contributed by atoms with van der Waals surface area (Å²) in [6.45, 7) is 0. The number of carbonyl (C=O) groups excluding carboxylic acids is 2. The summed E-state index contributed by atoms with van der Waals surface area (Å²) in [4.78, 5) is 29.9. The molecule has 31 heavy (non-hydrogen) atoms. The molecule has 3 rings (SSSR count). The normalized spacial score (nSPS) is 10.3. The summed E-state index contributed by atoms with van der Waals surface area (Å²) in [6, 6.07) is 12.7. The first-order chi connectivity index (χ1) is 14.9. The van der Waals surface area contributed by atoms with Crippen molar-refractivity contribution in [3.63, 3.8) is 0 Å². The fraction of sp³-hybridized carbons (Fsp3) is 0.0952. The van der Waals surface area contributed by atoms with Crippen molar-refractivity contribution in [2.24, 2.45) is 0 Å². The lowest BCUT2D eigenvalue weighted by molar-refractivity contribution is 0.0961. The monoisotopic (exact) mass is 477 g/mol. The molecule has 1 heterocycles. The van der Waals surface area contributed by atoms with Crippen LogP contribution in [0.3, 0.4) is 0 Å². The highest BCUT2D eigenvalue weighted by Crippen LogP contribution is 2.34. The largest absolute Gasteiger partial charge is 0.496 e. The van der Waals surface area contributed by atoms with E-state index >= 15 is 0 Å². The number of methoxy groups -OCH3 is 2. The summed E-state index contributed by atoms with van der Waals surface area (Å²) in [5.74, 6) is -0.0951. The fourth-order valence-electron chi connectivity index (χ4n) is 2.59. The Morgan fingerprint density at radius 3 is 2.32 bits per heavy atom. The molecule has 0 fully saturated rings. The number of imide groups is 1. The number of aromatic nitrogens is 1. The van der Waals surface area contributed by atoms with Crippen LogP contribution in [0.4, 0.5) is 10.5 Å². The van der Waals surface area contributed by atoms with Gasteiger partial charge in [0.15, 0.2) is 0 Å². The van der Waals surface area contributed by atoms with Crippen molar-refractivity contribution in [1.29, 1.82) is 0 Å². The second kappa shape index (κ2) is 10.4. The standard InChI is InChI=1S/C21H17Cl2N3O4S/c1-29-15-4-3-5-16(30-2)19(15)20(27)26-21(28)25-13-7-9-18(24-11-13)31-17-10-12(22)6-8-14(17)23/h3-11H,1-2H3,(H2,25,26,27,28). The average molecular weight is 478 g/mol. The van der Waals surface area contributed by atoms with E-state index < -0.39 is 11.9 Å². The Morgan fingerprint density at radius 2 is 1.71 bits per heavy atom. The van der Waals surface area contributed by atoms with Crippen LogP contribution in [0.1, 0.15) is 10.4 Å². The quantitative estimate of drug-likeness (QED) is 0.485. The number of nitrogens with zero attached hydrogens (tertiary/aromatic N) is 1. The molecule has 0 saturated carbocycles. The Balaban J connectivity index is 1.65. The molecule has 0 radical (unpaired) electrons. The van der Waals surface area contributed by atoms with Crippen molar-refractivity contribution in [3.05, 3.63) is 70.3 Å². The molecule has 0 aliphatic rings. The lowest BCUT2D eigenvalue weighted by Crippen LogP contribution is -2.34. The second-order valence-electron chi connectivity index (χ2n) is 6.01. The predicted molar refractivity (Wildman–Crippen MR) is 121 cm³/mol. The van der Waals surface area contributed by atoms with Crippen LogP contribution >= 0.6 is 35.0 Å². The zero-order valence-electron chi connectivity index (χ0n) is 16.4. The lowest BCUT2D eigenvalue weighted by atomic mass is 10.1. The van der Waals surface area contributed by atoms with E-state index in [9.17, 15) is 9.59 Å². The number of carbonyl (C=O) groups is 2. The average Bonchev–Trinajstić information content (AvgIpc) is 2.76. The van der Waals surface area contributed by atoms with Gasteiger partial charge in [0, 0.05) is 9.92 Å². The van der Waals surface area contributed by atoms with E-state index in [2.05, 4.69) is 15.6 Å². The summed E-state index contributed by atoms with van der Waals surface area (Å²) in [5.41, 5.74) is 0.518. The molecule has 0 unspecified atom stereocenters. The Bertz CT molecular complexity index is 1090. The minimum atomic E-state index is -0.724. The molecule has 0 atom stereocenters. The van der Waals surface area contributed by atoms with E-state index in [4.69, 9.17) is 32.7 Å². The summed E-state index contributed by atoms with van der Waals surface area (Å²) >= 11 is 13.5. The SMILES string of the molecule is COc1cccc(OC)c1C(=O)NC(=O)Nc1ccc(Sc2cc(Cl)ccc2Cl)nc1. The van der Waals surface area contributed by atoms with Gasteiger partial charge in [-0.15, -0.1) is 0 Å². The molecule has 0 bridgehead atoms. The maximum Gasteiger partial charge on any atom is 0.326 e. The molecule has 7 nitrogen and oxygen atoms in total. The van der Waals surface area contributed by atoms with Gasteiger partial charge >= 0.3 is 6.03 Å². The van der Waals surface area contributed by atoms with Gasteiger partial charge in [0.2, 0.25) is 0 Å². The minimum absolute atomic E-state index is 0.117. The Kier molecular flexibility index (Phi) is 7.62. The number of hydrogen-bond acceptors (Lipinski definition) is 6. The smallest absolute Gasteiger partial charge is 0.326 e. The Hall–Kier alpha value is -2.94. The van der Waals surface area contributed by atoms with Crippen molar-refractivity contribution in [2.75, 3.05) is 19.5 Å². The van der Waals surface area contributed by atoms with Gasteiger partial charge in [-0.05, 0) is 42.5 Å². The molecule has 160 valence electrons. The Morgan fingerprint density at radius 1 is 1.00 bits per heavy atom. The van der Waals surface area contributed by atoms with Crippen molar-refractivity contribution in [1.82, 2.24) is 10.3 Å². The van der Waals surface area contributed by atoms with Gasteiger partial charge < -0.3 is 14.8 Å². The first kappa shape index (κ1) is 22.7. The number of amides is 3. The molecule has 2 aromatic carbocycles. The van der Waals surface area contributed by atoms with Crippen LogP contribution in [0.2, 0.25) is 10.0 Å². The van der Waals surface area contributed by atoms with E-state index in [0.29, 0.717) is 20.8 Å². The van der Waals surface area contributed by atoms with Crippen LogP contribution in [0.5, 0.6) is 11.5 Å². The van der Waals surface area contributed by atoms with Crippen LogP contribution in [-0.2, 0) is 0 Å². The van der Waals surface area contributed by atoms with E-state index in [1.807, 2.05) is 0 Å². The third-order valence-electron chi connectivity index (χ3n) is 3.98. The second-order valence-corrected chi connectivity index (χ2v) is 7.91. The molecule has 3 aromatic rings. The van der Waals surface area contributed by atoms with Gasteiger partial charge in [0.05, 0.1) is 31.1 Å². The number of hydrogen-bond donors (Lipinski definition) is 2.